The molecule has 0 atom stereocenters. The van der Waals surface area contributed by atoms with Gasteiger partial charge >= 0.3 is 5.97 Å². The number of nitrogens with zero attached hydrogens (tertiary/aromatic N) is 1. The number of hydrogen-bond acceptors (Lipinski definition) is 5. The SMILES string of the molecule is CCOC(=O)Cc1ccc(N)c(Oc2cc(Cl)cc(C#N)c2)c1F. The number of halogens is 2. The Morgan fingerprint density at radius 3 is 2.79 bits per heavy atom. The van der Waals surface area contributed by atoms with Gasteiger partial charge in [-0.15, -0.1) is 0 Å². The number of carbonyl (C=O) groups excluding carboxylic acids is 1. The van der Waals surface area contributed by atoms with Crippen molar-refractivity contribution in [2.24, 2.45) is 0 Å². The molecule has 2 N–H and O–H groups in total. The molecule has 0 saturated carbocycles. The van der Waals surface area contributed by atoms with E-state index in [2.05, 4.69) is 0 Å². The first-order valence-corrected chi connectivity index (χ1v) is 7.43. The number of nitrogens with two attached hydrogens (primary N) is 1. The van der Waals surface area contributed by atoms with Gasteiger partial charge in [0, 0.05) is 10.6 Å². The summed E-state index contributed by atoms with van der Waals surface area (Å²) in [5, 5.41) is 9.21. The molecule has 0 bridgehead atoms. The molecule has 0 saturated heterocycles. The van der Waals surface area contributed by atoms with Gasteiger partial charge in [-0.25, -0.2) is 4.39 Å². The van der Waals surface area contributed by atoms with Crippen LogP contribution in [-0.4, -0.2) is 12.6 Å². The number of hydrogen-bond donors (Lipinski definition) is 1. The fraction of sp³-hybridized carbons (Fsp3) is 0.176. The standard InChI is InChI=1S/C17H14ClFN2O3/c1-2-23-15(22)7-11-3-4-14(21)17(16(11)19)24-13-6-10(9-20)5-12(18)8-13/h3-6,8H,2,7,21H2,1H3. The Kier molecular flexibility index (Phi) is 5.61. The largest absolute Gasteiger partial charge is 0.466 e. The summed E-state index contributed by atoms with van der Waals surface area (Å²) in [6.45, 7) is 1.87. The van der Waals surface area contributed by atoms with Crippen molar-refractivity contribution in [1.29, 1.82) is 5.26 Å². The minimum Gasteiger partial charge on any atom is -0.466 e. The van der Waals surface area contributed by atoms with E-state index in [1.165, 1.54) is 30.3 Å². The van der Waals surface area contributed by atoms with E-state index in [1.807, 2.05) is 6.07 Å². The maximum Gasteiger partial charge on any atom is 0.310 e. The lowest BCUT2D eigenvalue weighted by molar-refractivity contribution is -0.142. The molecule has 0 unspecified atom stereocenters. The van der Waals surface area contributed by atoms with E-state index in [0.717, 1.165) is 0 Å². The molecule has 2 rings (SSSR count). The maximum absolute atomic E-state index is 14.6. The predicted octanol–water partition coefficient (Wildman–Crippen LogP) is 3.83. The third-order valence-corrected chi connectivity index (χ3v) is 3.29. The number of ether oxygens (including phenoxy) is 2. The molecule has 5 nitrogen and oxygen atoms in total. The summed E-state index contributed by atoms with van der Waals surface area (Å²) in [6.07, 6.45) is -0.241. The number of esters is 1. The van der Waals surface area contributed by atoms with Gasteiger partial charge in [-0.1, -0.05) is 17.7 Å². The van der Waals surface area contributed by atoms with Gasteiger partial charge in [0.05, 0.1) is 30.3 Å². The van der Waals surface area contributed by atoms with Gasteiger partial charge in [-0.2, -0.15) is 5.26 Å². The monoisotopic (exact) mass is 348 g/mol. The quantitative estimate of drug-likeness (QED) is 0.655. The van der Waals surface area contributed by atoms with E-state index in [9.17, 15) is 9.18 Å². The van der Waals surface area contributed by atoms with Gasteiger partial charge in [-0.3, -0.25) is 4.79 Å². The van der Waals surface area contributed by atoms with Crippen LogP contribution < -0.4 is 10.5 Å². The topological polar surface area (TPSA) is 85.3 Å². The summed E-state index contributed by atoms with van der Waals surface area (Å²) >= 11 is 5.89. The van der Waals surface area contributed by atoms with Crippen LogP contribution >= 0.6 is 11.6 Å². The Morgan fingerprint density at radius 2 is 2.12 bits per heavy atom. The average molecular weight is 349 g/mol. The summed E-state index contributed by atoms with van der Waals surface area (Å²) in [7, 11) is 0. The van der Waals surface area contributed by atoms with Crippen LogP contribution in [0.5, 0.6) is 11.5 Å². The summed E-state index contributed by atoms with van der Waals surface area (Å²) in [6, 6.07) is 9.04. The lowest BCUT2D eigenvalue weighted by atomic mass is 10.1. The van der Waals surface area contributed by atoms with Gasteiger partial charge in [0.25, 0.3) is 0 Å². The van der Waals surface area contributed by atoms with Crippen molar-refractivity contribution in [3.8, 4) is 17.6 Å². The zero-order chi connectivity index (χ0) is 17.7. The number of nitriles is 1. The number of benzene rings is 2. The van der Waals surface area contributed by atoms with Crippen molar-refractivity contribution in [3.05, 3.63) is 52.3 Å². The molecule has 7 heteroatoms. The molecule has 0 heterocycles. The lowest BCUT2D eigenvalue weighted by Crippen LogP contribution is -2.10. The van der Waals surface area contributed by atoms with E-state index in [0.29, 0.717) is 0 Å². The first-order chi connectivity index (χ1) is 11.4. The number of carbonyl (C=O) groups is 1. The van der Waals surface area contributed by atoms with Crippen molar-refractivity contribution < 1.29 is 18.7 Å². The molecule has 0 aromatic heterocycles. The maximum atomic E-state index is 14.6. The Labute approximate surface area is 143 Å². The fourth-order valence-electron chi connectivity index (χ4n) is 2.02. The molecular formula is C17H14ClFN2O3. The van der Waals surface area contributed by atoms with Crippen LogP contribution in [0.2, 0.25) is 5.02 Å². The van der Waals surface area contributed by atoms with Crippen LogP contribution in [0.25, 0.3) is 0 Å². The molecule has 0 aliphatic rings. The van der Waals surface area contributed by atoms with E-state index in [4.69, 9.17) is 32.1 Å². The van der Waals surface area contributed by atoms with E-state index >= 15 is 0 Å². The molecule has 0 amide bonds. The Morgan fingerprint density at radius 1 is 1.38 bits per heavy atom. The fourth-order valence-corrected chi connectivity index (χ4v) is 2.25. The van der Waals surface area contributed by atoms with Crippen molar-refractivity contribution in [2.45, 2.75) is 13.3 Å². The summed E-state index contributed by atoms with van der Waals surface area (Å²) in [4.78, 5) is 11.5. The minimum absolute atomic E-state index is 0.0543. The van der Waals surface area contributed by atoms with E-state index in [-0.39, 0.29) is 46.4 Å². The van der Waals surface area contributed by atoms with Gasteiger partial charge < -0.3 is 15.2 Å². The van der Waals surface area contributed by atoms with Crippen LogP contribution in [0.3, 0.4) is 0 Å². The average Bonchev–Trinajstić information content (AvgIpc) is 2.54. The number of rotatable bonds is 5. The number of nitrogen functional groups attached to an aromatic ring is 1. The van der Waals surface area contributed by atoms with Gasteiger partial charge in [0.2, 0.25) is 0 Å². The highest BCUT2D eigenvalue weighted by atomic mass is 35.5. The molecule has 24 heavy (non-hydrogen) atoms. The van der Waals surface area contributed by atoms with Crippen molar-refractivity contribution in [2.75, 3.05) is 12.3 Å². The first-order valence-electron chi connectivity index (χ1n) is 7.05. The molecule has 0 radical (unpaired) electrons. The normalized spacial score (nSPS) is 10.1. The van der Waals surface area contributed by atoms with Crippen LogP contribution in [0.15, 0.2) is 30.3 Å². The Hall–Kier alpha value is -2.78. The molecular weight excluding hydrogens is 335 g/mol. The summed E-state index contributed by atoms with van der Waals surface area (Å²) < 4.78 is 24.9. The first kappa shape index (κ1) is 17.6. The molecule has 0 spiro atoms. The summed E-state index contributed by atoms with van der Waals surface area (Å²) in [5.41, 5.74) is 6.17. The second-order valence-electron chi connectivity index (χ2n) is 4.83. The minimum atomic E-state index is -0.762. The zero-order valence-electron chi connectivity index (χ0n) is 12.8. The molecule has 0 fully saturated rings. The van der Waals surface area contributed by atoms with Crippen LogP contribution in [0, 0.1) is 17.1 Å². The zero-order valence-corrected chi connectivity index (χ0v) is 13.6. The molecule has 0 aliphatic heterocycles. The van der Waals surface area contributed by atoms with Gasteiger partial charge in [-0.05, 0) is 31.2 Å². The molecule has 124 valence electrons. The highest BCUT2D eigenvalue weighted by Crippen LogP contribution is 2.34. The Balaban J connectivity index is 2.35. The highest BCUT2D eigenvalue weighted by Gasteiger charge is 2.17. The lowest BCUT2D eigenvalue weighted by Gasteiger charge is -2.13. The van der Waals surface area contributed by atoms with Crippen LogP contribution in [0.4, 0.5) is 10.1 Å². The van der Waals surface area contributed by atoms with Gasteiger partial charge in [0.15, 0.2) is 11.6 Å². The van der Waals surface area contributed by atoms with Crippen molar-refractivity contribution >= 4 is 23.3 Å². The third-order valence-electron chi connectivity index (χ3n) is 3.07. The molecule has 2 aromatic carbocycles. The van der Waals surface area contributed by atoms with Crippen molar-refractivity contribution in [1.82, 2.24) is 0 Å². The number of anilines is 1. The van der Waals surface area contributed by atoms with E-state index < -0.39 is 11.8 Å². The second kappa shape index (κ2) is 7.66. The summed E-state index contributed by atoms with van der Waals surface area (Å²) in [5.74, 6) is -1.39. The Bertz CT molecular complexity index is 818. The smallest absolute Gasteiger partial charge is 0.310 e. The van der Waals surface area contributed by atoms with Gasteiger partial charge in [0.1, 0.15) is 5.75 Å². The molecule has 0 aliphatic carbocycles. The predicted molar refractivity (Wildman–Crippen MR) is 87.4 cm³/mol. The third kappa shape index (κ3) is 4.15. The van der Waals surface area contributed by atoms with E-state index in [1.54, 1.807) is 6.92 Å². The van der Waals surface area contributed by atoms with Crippen molar-refractivity contribution in [3.63, 3.8) is 0 Å². The second-order valence-corrected chi connectivity index (χ2v) is 5.26. The molecule has 2 aromatic rings. The van der Waals surface area contributed by atoms with Crippen LogP contribution in [0.1, 0.15) is 18.1 Å². The highest BCUT2D eigenvalue weighted by molar-refractivity contribution is 6.30. The van der Waals surface area contributed by atoms with Crippen LogP contribution in [-0.2, 0) is 16.0 Å².